The molecule has 0 spiro atoms. The Kier molecular flexibility index (Phi) is 3.95. The number of rotatable bonds is 3. The molecule has 5 nitrogen and oxygen atoms in total. The van der Waals surface area contributed by atoms with Crippen LogP contribution < -0.4 is 5.01 Å². The number of carbonyl (C=O) groups is 1. The van der Waals surface area contributed by atoms with E-state index < -0.39 is 0 Å². The Balaban J connectivity index is 2.12. The quantitative estimate of drug-likeness (QED) is 0.700. The monoisotopic (exact) mass is 307 g/mol. The summed E-state index contributed by atoms with van der Waals surface area (Å²) in [7, 11) is 1.50. The van der Waals surface area contributed by atoms with Crippen molar-refractivity contribution < 1.29 is 10.0 Å². The Bertz CT molecular complexity index is 780. The molecule has 0 atom stereocenters. The Morgan fingerprint density at radius 2 is 1.61 bits per heavy atom. The molecule has 0 saturated carbocycles. The first kappa shape index (κ1) is 15.0. The number of carbonyl (C=O) groups excluding carboxylic acids is 1. The molecule has 0 aliphatic carbocycles. The van der Waals surface area contributed by atoms with Crippen LogP contribution in [0, 0.1) is 0 Å². The van der Waals surface area contributed by atoms with Gasteiger partial charge in [0.25, 0.3) is 5.91 Å². The zero-order valence-corrected chi connectivity index (χ0v) is 13.0. The SMILES string of the molecule is CC1=NN(c2ccccc2)C(=O)/C1=C(/c1ccccc1)N(C)O. The predicted octanol–water partition coefficient (Wildman–Crippen LogP) is 3.14. The maximum absolute atomic E-state index is 12.9. The number of nitrogens with zero attached hydrogens (tertiary/aromatic N) is 3. The van der Waals surface area contributed by atoms with Crippen molar-refractivity contribution in [2.75, 3.05) is 12.1 Å². The van der Waals surface area contributed by atoms with Crippen LogP contribution in [0.4, 0.5) is 5.69 Å². The molecule has 0 radical (unpaired) electrons. The van der Waals surface area contributed by atoms with Gasteiger partial charge in [-0.1, -0.05) is 48.5 Å². The summed E-state index contributed by atoms with van der Waals surface area (Å²) in [5.41, 5.74) is 2.85. The summed E-state index contributed by atoms with van der Waals surface area (Å²) < 4.78 is 0. The lowest BCUT2D eigenvalue weighted by atomic mass is 10.0. The minimum atomic E-state index is -0.256. The molecule has 1 heterocycles. The van der Waals surface area contributed by atoms with E-state index in [1.165, 1.54) is 12.1 Å². The van der Waals surface area contributed by atoms with Crippen LogP contribution in [-0.2, 0) is 4.79 Å². The standard InChI is InChI=1S/C18H17N3O2/c1-13-16(17(20(2)23)14-9-5-3-6-10-14)18(22)21(19-13)15-11-7-4-8-12-15/h3-12,23H,1-2H3/b17-16-. The maximum Gasteiger partial charge on any atom is 0.282 e. The highest BCUT2D eigenvalue weighted by atomic mass is 16.5. The highest BCUT2D eigenvalue weighted by Gasteiger charge is 2.33. The molecule has 1 aliphatic heterocycles. The minimum Gasteiger partial charge on any atom is -0.289 e. The van der Waals surface area contributed by atoms with E-state index in [9.17, 15) is 10.0 Å². The van der Waals surface area contributed by atoms with E-state index >= 15 is 0 Å². The van der Waals surface area contributed by atoms with Crippen molar-refractivity contribution in [1.82, 2.24) is 5.06 Å². The van der Waals surface area contributed by atoms with E-state index in [1.807, 2.05) is 60.7 Å². The van der Waals surface area contributed by atoms with Gasteiger partial charge in [-0.25, -0.2) is 0 Å². The highest BCUT2D eigenvalue weighted by molar-refractivity contribution is 6.33. The van der Waals surface area contributed by atoms with Crippen molar-refractivity contribution in [3.8, 4) is 0 Å². The fraction of sp³-hybridized carbons (Fsp3) is 0.111. The van der Waals surface area contributed by atoms with Gasteiger partial charge in [0.05, 0.1) is 22.7 Å². The second kappa shape index (κ2) is 6.06. The van der Waals surface area contributed by atoms with Gasteiger partial charge >= 0.3 is 0 Å². The molecule has 0 fully saturated rings. The summed E-state index contributed by atoms with van der Waals surface area (Å²) in [5, 5.41) is 16.7. The molecule has 1 aliphatic rings. The Morgan fingerprint density at radius 3 is 2.17 bits per heavy atom. The van der Waals surface area contributed by atoms with Gasteiger partial charge in [0, 0.05) is 12.6 Å². The fourth-order valence-electron chi connectivity index (χ4n) is 2.61. The third kappa shape index (κ3) is 2.74. The average Bonchev–Trinajstić information content (AvgIpc) is 2.85. The summed E-state index contributed by atoms with van der Waals surface area (Å²) in [6.07, 6.45) is 0. The highest BCUT2D eigenvalue weighted by Crippen LogP contribution is 2.29. The molecule has 1 N–H and O–H groups in total. The number of benzene rings is 2. The molecule has 116 valence electrons. The van der Waals surface area contributed by atoms with E-state index in [-0.39, 0.29) is 5.91 Å². The van der Waals surface area contributed by atoms with Gasteiger partial charge in [-0.05, 0) is 19.1 Å². The largest absolute Gasteiger partial charge is 0.289 e. The van der Waals surface area contributed by atoms with Crippen LogP contribution in [0.5, 0.6) is 0 Å². The molecule has 1 amide bonds. The Morgan fingerprint density at radius 1 is 1.04 bits per heavy atom. The maximum atomic E-state index is 12.9. The number of amides is 1. The smallest absolute Gasteiger partial charge is 0.282 e. The van der Waals surface area contributed by atoms with Crippen LogP contribution in [0.1, 0.15) is 12.5 Å². The van der Waals surface area contributed by atoms with Gasteiger partial charge in [-0.2, -0.15) is 10.1 Å². The van der Waals surface area contributed by atoms with Gasteiger partial charge in [0.15, 0.2) is 0 Å². The fourth-order valence-corrected chi connectivity index (χ4v) is 2.61. The molecule has 5 heteroatoms. The van der Waals surface area contributed by atoms with Crippen LogP contribution in [0.25, 0.3) is 5.70 Å². The first-order chi connectivity index (χ1) is 11.1. The summed E-state index contributed by atoms with van der Waals surface area (Å²) in [5.74, 6) is -0.256. The molecular weight excluding hydrogens is 290 g/mol. The second-order valence-electron chi connectivity index (χ2n) is 5.25. The number of hydroxylamine groups is 2. The zero-order chi connectivity index (χ0) is 16.4. The minimum absolute atomic E-state index is 0.256. The molecule has 3 rings (SSSR count). The van der Waals surface area contributed by atoms with Crippen molar-refractivity contribution in [3.05, 3.63) is 71.8 Å². The summed E-state index contributed by atoms with van der Waals surface area (Å²) in [4.78, 5) is 12.9. The zero-order valence-electron chi connectivity index (χ0n) is 13.0. The lowest BCUT2D eigenvalue weighted by Crippen LogP contribution is -2.25. The van der Waals surface area contributed by atoms with Gasteiger partial charge in [0.1, 0.15) is 0 Å². The first-order valence-electron chi connectivity index (χ1n) is 7.27. The molecule has 0 saturated heterocycles. The van der Waals surface area contributed by atoms with Crippen molar-refractivity contribution in [1.29, 1.82) is 0 Å². The van der Waals surface area contributed by atoms with Crippen molar-refractivity contribution >= 4 is 23.0 Å². The number of anilines is 1. The van der Waals surface area contributed by atoms with Crippen molar-refractivity contribution in [2.24, 2.45) is 5.10 Å². The summed E-state index contributed by atoms with van der Waals surface area (Å²) in [6, 6.07) is 18.5. The van der Waals surface area contributed by atoms with Crippen LogP contribution in [0.3, 0.4) is 0 Å². The molecule has 2 aromatic carbocycles. The van der Waals surface area contributed by atoms with Crippen molar-refractivity contribution in [2.45, 2.75) is 6.92 Å². The predicted molar refractivity (Wildman–Crippen MR) is 89.9 cm³/mol. The average molecular weight is 307 g/mol. The molecule has 0 unspecified atom stereocenters. The normalized spacial score (nSPS) is 16.4. The molecule has 2 aromatic rings. The second-order valence-corrected chi connectivity index (χ2v) is 5.25. The lowest BCUT2D eigenvalue weighted by molar-refractivity contribution is -0.114. The Hall–Kier alpha value is -2.92. The first-order valence-corrected chi connectivity index (χ1v) is 7.27. The molecule has 23 heavy (non-hydrogen) atoms. The van der Waals surface area contributed by atoms with E-state index in [0.717, 1.165) is 10.6 Å². The van der Waals surface area contributed by atoms with Gasteiger partial charge in [-0.3, -0.25) is 15.1 Å². The third-order valence-electron chi connectivity index (χ3n) is 3.63. The van der Waals surface area contributed by atoms with E-state index in [1.54, 1.807) is 6.92 Å². The number of hydrogen-bond acceptors (Lipinski definition) is 4. The Labute approximate surface area is 134 Å². The van der Waals surface area contributed by atoms with Gasteiger partial charge in [-0.15, -0.1) is 0 Å². The van der Waals surface area contributed by atoms with Gasteiger partial charge in [0.2, 0.25) is 0 Å². The lowest BCUT2D eigenvalue weighted by Gasteiger charge is -2.18. The van der Waals surface area contributed by atoms with Gasteiger partial charge < -0.3 is 0 Å². The number of hydrazone groups is 1. The van der Waals surface area contributed by atoms with E-state index in [2.05, 4.69) is 5.10 Å². The molecule has 0 bridgehead atoms. The van der Waals surface area contributed by atoms with Crippen LogP contribution in [0.2, 0.25) is 0 Å². The third-order valence-corrected chi connectivity index (χ3v) is 3.63. The van der Waals surface area contributed by atoms with Crippen LogP contribution in [-0.4, -0.2) is 28.9 Å². The molecular formula is C18H17N3O2. The summed E-state index contributed by atoms with van der Waals surface area (Å²) in [6.45, 7) is 1.77. The number of para-hydroxylation sites is 1. The number of hydrogen-bond donors (Lipinski definition) is 1. The van der Waals surface area contributed by atoms with Crippen molar-refractivity contribution in [3.63, 3.8) is 0 Å². The topological polar surface area (TPSA) is 56.1 Å². The molecule has 0 aromatic heterocycles. The van der Waals surface area contributed by atoms with Crippen LogP contribution in [0.15, 0.2) is 71.3 Å². The van der Waals surface area contributed by atoms with Crippen LogP contribution >= 0.6 is 0 Å². The van der Waals surface area contributed by atoms with E-state index in [4.69, 9.17) is 0 Å². The van der Waals surface area contributed by atoms with E-state index in [0.29, 0.717) is 22.7 Å². The summed E-state index contributed by atoms with van der Waals surface area (Å²) >= 11 is 0.